The van der Waals surface area contributed by atoms with Crippen molar-refractivity contribution in [2.75, 3.05) is 13.1 Å². The number of likely N-dealkylation sites (tertiary alicyclic amines) is 1. The van der Waals surface area contributed by atoms with E-state index in [0.717, 1.165) is 18.4 Å². The molecule has 2 fully saturated rings. The molecule has 2 aromatic carbocycles. The molecule has 0 radical (unpaired) electrons. The SMILES string of the molecule is CCC1NNC(C(=O)N2CC[C@@H](c3ccc4ccccc4c3)[C@H](O)C2)C1C. The van der Waals surface area contributed by atoms with E-state index in [2.05, 4.69) is 55.0 Å². The topological polar surface area (TPSA) is 64.6 Å². The first kappa shape index (κ1) is 18.4. The van der Waals surface area contributed by atoms with Gasteiger partial charge < -0.3 is 10.0 Å². The van der Waals surface area contributed by atoms with Crippen LogP contribution in [0.2, 0.25) is 0 Å². The third-order valence-corrected chi connectivity index (χ3v) is 6.39. The lowest BCUT2D eigenvalue weighted by Crippen LogP contribution is -2.53. The van der Waals surface area contributed by atoms with Crippen LogP contribution in [0.15, 0.2) is 42.5 Å². The number of piperidine rings is 1. The van der Waals surface area contributed by atoms with Crippen molar-refractivity contribution in [1.29, 1.82) is 0 Å². The number of nitrogens with one attached hydrogen (secondary N) is 2. The number of carbonyl (C=O) groups is 1. The number of hydrazine groups is 1. The molecule has 2 heterocycles. The van der Waals surface area contributed by atoms with E-state index < -0.39 is 6.10 Å². The summed E-state index contributed by atoms with van der Waals surface area (Å²) in [5.41, 5.74) is 7.55. The Morgan fingerprint density at radius 1 is 1.19 bits per heavy atom. The van der Waals surface area contributed by atoms with Crippen LogP contribution in [0.4, 0.5) is 0 Å². The molecule has 5 heteroatoms. The molecule has 2 aliphatic rings. The second kappa shape index (κ2) is 7.58. The van der Waals surface area contributed by atoms with Crippen molar-refractivity contribution in [2.24, 2.45) is 5.92 Å². The van der Waals surface area contributed by atoms with Crippen LogP contribution in [-0.4, -0.2) is 47.2 Å². The minimum Gasteiger partial charge on any atom is -0.391 e. The van der Waals surface area contributed by atoms with Gasteiger partial charge in [0.25, 0.3) is 0 Å². The summed E-state index contributed by atoms with van der Waals surface area (Å²) in [6.45, 7) is 5.33. The van der Waals surface area contributed by atoms with E-state index in [1.807, 2.05) is 17.0 Å². The Morgan fingerprint density at radius 2 is 1.96 bits per heavy atom. The van der Waals surface area contributed by atoms with Crippen LogP contribution < -0.4 is 10.9 Å². The van der Waals surface area contributed by atoms with Gasteiger partial charge in [-0.05, 0) is 35.1 Å². The number of nitrogens with zero attached hydrogens (tertiary/aromatic N) is 1. The van der Waals surface area contributed by atoms with Crippen LogP contribution >= 0.6 is 0 Å². The molecule has 2 aromatic rings. The molecule has 0 aromatic heterocycles. The van der Waals surface area contributed by atoms with Crippen molar-refractivity contribution in [1.82, 2.24) is 15.8 Å². The fourth-order valence-corrected chi connectivity index (χ4v) is 4.61. The number of hydrogen-bond acceptors (Lipinski definition) is 4. The first-order valence-corrected chi connectivity index (χ1v) is 10.0. The van der Waals surface area contributed by atoms with E-state index in [0.29, 0.717) is 19.1 Å². The van der Waals surface area contributed by atoms with Crippen molar-refractivity contribution in [3.63, 3.8) is 0 Å². The maximum Gasteiger partial charge on any atom is 0.241 e. The van der Waals surface area contributed by atoms with Gasteiger partial charge in [0, 0.05) is 25.0 Å². The first-order chi connectivity index (χ1) is 13.1. The van der Waals surface area contributed by atoms with E-state index >= 15 is 0 Å². The minimum absolute atomic E-state index is 0.0779. The zero-order valence-electron chi connectivity index (χ0n) is 16.1. The molecule has 3 N–H and O–H groups in total. The van der Waals surface area contributed by atoms with Crippen LogP contribution in [0.3, 0.4) is 0 Å². The van der Waals surface area contributed by atoms with Crippen molar-refractivity contribution < 1.29 is 9.90 Å². The highest BCUT2D eigenvalue weighted by atomic mass is 16.3. The smallest absolute Gasteiger partial charge is 0.241 e. The van der Waals surface area contributed by atoms with Gasteiger partial charge in [0.15, 0.2) is 0 Å². The normalized spacial score (nSPS) is 31.4. The average Bonchev–Trinajstić information content (AvgIpc) is 3.07. The van der Waals surface area contributed by atoms with Crippen molar-refractivity contribution in [2.45, 2.75) is 50.8 Å². The summed E-state index contributed by atoms with van der Waals surface area (Å²) in [6.07, 6.45) is 1.25. The van der Waals surface area contributed by atoms with Gasteiger partial charge in [-0.1, -0.05) is 56.3 Å². The number of rotatable bonds is 3. The maximum atomic E-state index is 12.9. The summed E-state index contributed by atoms with van der Waals surface area (Å²) in [7, 11) is 0. The predicted octanol–water partition coefficient (Wildman–Crippen LogP) is 2.41. The zero-order chi connectivity index (χ0) is 19.0. The summed E-state index contributed by atoms with van der Waals surface area (Å²) in [5, 5.41) is 13.2. The molecule has 0 spiro atoms. The highest BCUT2D eigenvalue weighted by Crippen LogP contribution is 2.31. The summed E-state index contributed by atoms with van der Waals surface area (Å²) in [5.74, 6) is 0.425. The third kappa shape index (κ3) is 3.47. The van der Waals surface area contributed by atoms with Gasteiger partial charge >= 0.3 is 0 Å². The molecule has 27 heavy (non-hydrogen) atoms. The zero-order valence-corrected chi connectivity index (χ0v) is 16.1. The van der Waals surface area contributed by atoms with Crippen LogP contribution in [0.1, 0.15) is 38.2 Å². The fraction of sp³-hybridized carbons (Fsp3) is 0.500. The molecule has 2 saturated heterocycles. The molecule has 0 aliphatic carbocycles. The maximum absolute atomic E-state index is 12.9. The second-order valence-corrected chi connectivity index (χ2v) is 7.99. The number of benzene rings is 2. The lowest BCUT2D eigenvalue weighted by atomic mass is 9.85. The van der Waals surface area contributed by atoms with E-state index in [9.17, 15) is 9.90 Å². The Labute approximate surface area is 160 Å². The second-order valence-electron chi connectivity index (χ2n) is 7.99. The quantitative estimate of drug-likeness (QED) is 0.780. The Balaban J connectivity index is 1.45. The number of amides is 1. The standard InChI is InChI=1S/C22H29N3O2/c1-3-19-14(2)21(24-23-19)22(27)25-11-10-18(20(26)13-25)17-9-8-15-6-4-5-7-16(15)12-17/h4-9,12,14,18-21,23-24,26H,3,10-11,13H2,1-2H3/t14?,18-,19?,20+,21?/m0/s1. The van der Waals surface area contributed by atoms with Gasteiger partial charge in [0.1, 0.15) is 6.04 Å². The van der Waals surface area contributed by atoms with Gasteiger partial charge in [0.2, 0.25) is 5.91 Å². The van der Waals surface area contributed by atoms with Crippen molar-refractivity contribution in [3.05, 3.63) is 48.0 Å². The van der Waals surface area contributed by atoms with Gasteiger partial charge in [0.05, 0.1) is 6.10 Å². The van der Waals surface area contributed by atoms with Crippen LogP contribution in [0.5, 0.6) is 0 Å². The Kier molecular flexibility index (Phi) is 5.17. The highest BCUT2D eigenvalue weighted by molar-refractivity contribution is 5.84. The molecule has 144 valence electrons. The van der Waals surface area contributed by atoms with Gasteiger partial charge in [-0.15, -0.1) is 0 Å². The number of carbonyl (C=O) groups excluding carboxylic acids is 1. The van der Waals surface area contributed by atoms with E-state index in [4.69, 9.17) is 0 Å². The molecule has 2 aliphatic heterocycles. The lowest BCUT2D eigenvalue weighted by molar-refractivity contribution is -0.137. The molecule has 5 atom stereocenters. The highest BCUT2D eigenvalue weighted by Gasteiger charge is 2.40. The van der Waals surface area contributed by atoms with Gasteiger partial charge in [-0.2, -0.15) is 0 Å². The Morgan fingerprint density at radius 3 is 2.67 bits per heavy atom. The first-order valence-electron chi connectivity index (χ1n) is 10.0. The third-order valence-electron chi connectivity index (χ3n) is 6.39. The van der Waals surface area contributed by atoms with Crippen molar-refractivity contribution >= 4 is 16.7 Å². The van der Waals surface area contributed by atoms with Gasteiger partial charge in [-0.3, -0.25) is 10.2 Å². The van der Waals surface area contributed by atoms with E-state index in [-0.39, 0.29) is 23.8 Å². The summed E-state index contributed by atoms with van der Waals surface area (Å²) in [6, 6.07) is 14.8. The van der Waals surface area contributed by atoms with E-state index in [1.54, 1.807) is 0 Å². The van der Waals surface area contributed by atoms with E-state index in [1.165, 1.54) is 10.8 Å². The average molecular weight is 367 g/mol. The molecule has 0 saturated carbocycles. The molecule has 4 rings (SSSR count). The lowest BCUT2D eigenvalue weighted by Gasteiger charge is -2.38. The van der Waals surface area contributed by atoms with Crippen LogP contribution in [-0.2, 0) is 4.79 Å². The molecule has 1 amide bonds. The Hall–Kier alpha value is -1.95. The number of aliphatic hydroxyl groups excluding tert-OH is 1. The summed E-state index contributed by atoms with van der Waals surface area (Å²) < 4.78 is 0. The molecular formula is C22H29N3O2. The fourth-order valence-electron chi connectivity index (χ4n) is 4.61. The molecule has 0 bridgehead atoms. The number of fused-ring (bicyclic) bond motifs is 1. The monoisotopic (exact) mass is 367 g/mol. The van der Waals surface area contributed by atoms with Crippen molar-refractivity contribution in [3.8, 4) is 0 Å². The van der Waals surface area contributed by atoms with Gasteiger partial charge in [-0.25, -0.2) is 5.43 Å². The molecule has 3 unspecified atom stereocenters. The minimum atomic E-state index is -0.532. The largest absolute Gasteiger partial charge is 0.391 e. The summed E-state index contributed by atoms with van der Waals surface area (Å²) >= 11 is 0. The number of hydrogen-bond donors (Lipinski definition) is 3. The number of aliphatic hydroxyl groups is 1. The Bertz CT molecular complexity index is 824. The van der Waals surface area contributed by atoms with Crippen LogP contribution in [0.25, 0.3) is 10.8 Å². The predicted molar refractivity (Wildman–Crippen MR) is 107 cm³/mol. The molecule has 5 nitrogen and oxygen atoms in total. The number of β-amino-alcohol motifs (C(OH)–C–C–N with tert-alkyl or cyclic N) is 1. The molecular weight excluding hydrogens is 338 g/mol. The summed E-state index contributed by atoms with van der Waals surface area (Å²) in [4.78, 5) is 14.8. The van der Waals surface area contributed by atoms with Crippen LogP contribution in [0, 0.1) is 5.92 Å².